The van der Waals surface area contributed by atoms with Crippen LogP contribution in [-0.4, -0.2) is 35.1 Å². The number of rotatable bonds is 7. The van der Waals surface area contributed by atoms with E-state index in [0.717, 1.165) is 5.56 Å². The molecule has 0 saturated carbocycles. The van der Waals surface area contributed by atoms with Crippen LogP contribution in [0.5, 0.6) is 5.75 Å². The second-order valence-corrected chi connectivity index (χ2v) is 9.50. The monoisotopic (exact) mass is 531 g/mol. The molecule has 1 aliphatic rings. The number of allylic oxidation sites excluding steroid dienone is 1. The summed E-state index contributed by atoms with van der Waals surface area (Å²) in [6.07, 6.45) is 1.67. The van der Waals surface area contributed by atoms with Crippen molar-refractivity contribution >= 4 is 34.9 Å². The Balaban J connectivity index is 1.87. The van der Waals surface area contributed by atoms with E-state index in [2.05, 4.69) is 9.73 Å². The first-order valence-electron chi connectivity index (χ1n) is 11.4. The molecule has 0 radical (unpaired) electrons. The molecule has 0 saturated heterocycles. The summed E-state index contributed by atoms with van der Waals surface area (Å²) in [5, 5.41) is 0.544. The van der Waals surface area contributed by atoms with Crippen molar-refractivity contribution in [3.8, 4) is 5.75 Å². The van der Waals surface area contributed by atoms with Crippen LogP contribution in [0.4, 0.5) is 8.78 Å². The Morgan fingerprint density at radius 1 is 1.17 bits per heavy atom. The highest BCUT2D eigenvalue weighted by Crippen LogP contribution is 2.31. The number of thiazole rings is 1. The van der Waals surface area contributed by atoms with Crippen LogP contribution in [0.15, 0.2) is 69.6 Å². The molecule has 1 atom stereocenters. The quantitative estimate of drug-likeness (QED) is 0.455. The first-order chi connectivity index (χ1) is 17.2. The highest BCUT2D eigenvalue weighted by atomic mass is 35.5. The molecule has 0 N–H and O–H groups in total. The van der Waals surface area contributed by atoms with E-state index in [9.17, 15) is 18.4 Å². The third kappa shape index (κ3) is 5.12. The zero-order chi connectivity index (χ0) is 26.0. The largest absolute Gasteiger partial charge is 0.435 e. The van der Waals surface area contributed by atoms with Crippen molar-refractivity contribution in [1.82, 2.24) is 9.47 Å². The first-order valence-corrected chi connectivity index (χ1v) is 12.5. The highest BCUT2D eigenvalue weighted by molar-refractivity contribution is 7.07. The number of hydrogen-bond donors (Lipinski definition) is 0. The molecule has 4 rings (SSSR count). The number of carbonyl (C=O) groups excluding carboxylic acids is 1. The maximum atomic E-state index is 13.6. The summed E-state index contributed by atoms with van der Waals surface area (Å²) in [6, 6.07) is 12.4. The van der Waals surface area contributed by atoms with Crippen LogP contribution in [0, 0.1) is 0 Å². The number of alkyl halides is 2. The molecule has 10 heteroatoms. The van der Waals surface area contributed by atoms with Gasteiger partial charge in [-0.2, -0.15) is 8.78 Å². The van der Waals surface area contributed by atoms with Gasteiger partial charge in [0.1, 0.15) is 5.75 Å². The lowest BCUT2D eigenvalue weighted by Crippen LogP contribution is -2.43. The molecule has 2 heterocycles. The van der Waals surface area contributed by atoms with Gasteiger partial charge < -0.3 is 9.64 Å². The minimum atomic E-state index is -2.91. The fourth-order valence-corrected chi connectivity index (χ4v) is 5.31. The summed E-state index contributed by atoms with van der Waals surface area (Å²) in [6.45, 7) is 3.72. The molecule has 0 bridgehead atoms. The van der Waals surface area contributed by atoms with Gasteiger partial charge >= 0.3 is 6.61 Å². The molecule has 6 nitrogen and oxygen atoms in total. The van der Waals surface area contributed by atoms with Crippen molar-refractivity contribution in [2.24, 2.45) is 4.99 Å². The number of carbonyl (C=O) groups is 1. The Bertz CT molecular complexity index is 1470. The van der Waals surface area contributed by atoms with Gasteiger partial charge in [-0.1, -0.05) is 47.2 Å². The lowest BCUT2D eigenvalue weighted by atomic mass is 9.94. The fraction of sp³-hybridized carbons (Fsp3) is 0.269. The summed E-state index contributed by atoms with van der Waals surface area (Å²) in [5.74, 6) is -0.147. The van der Waals surface area contributed by atoms with Crippen LogP contribution < -0.4 is 19.6 Å². The smallest absolute Gasteiger partial charge is 0.387 e. The van der Waals surface area contributed by atoms with Crippen molar-refractivity contribution in [3.63, 3.8) is 0 Å². The van der Waals surface area contributed by atoms with Crippen LogP contribution in [0.2, 0.25) is 5.02 Å². The lowest BCUT2D eigenvalue weighted by molar-refractivity contribution is -0.127. The standard InChI is InChI=1S/C26H24ClF2N3O3S/c1-4-31(5-2)24(34)21-15(3)30-26-32(22(21)17-8-10-18(27)11-9-17)23(33)20(36-26)14-16-6-12-19(13-7-16)35-25(28)29/h6-14,22,25H,4-5H2,1-3H3/b20-14-/t22-/m0/s1. The molecule has 2 aromatic carbocycles. The molecule has 1 aromatic heterocycles. The number of fused-ring (bicyclic) bond motifs is 1. The van der Waals surface area contributed by atoms with E-state index in [4.69, 9.17) is 11.6 Å². The maximum Gasteiger partial charge on any atom is 0.387 e. The molecule has 1 aliphatic heterocycles. The predicted molar refractivity (Wildman–Crippen MR) is 136 cm³/mol. The summed E-state index contributed by atoms with van der Waals surface area (Å²) in [4.78, 5) is 34.0. The SMILES string of the molecule is CCN(CC)C(=O)C1=C(C)N=c2s/c(=C\c3ccc(OC(F)F)cc3)c(=O)n2[C@H]1c1ccc(Cl)cc1. The zero-order valence-electron chi connectivity index (χ0n) is 19.9. The number of hydrogen-bond acceptors (Lipinski definition) is 5. The molecule has 1 amide bonds. The number of halogens is 3. The Morgan fingerprint density at radius 2 is 1.81 bits per heavy atom. The van der Waals surface area contributed by atoms with E-state index >= 15 is 0 Å². The molecular weight excluding hydrogens is 508 g/mol. The van der Waals surface area contributed by atoms with Crippen molar-refractivity contribution < 1.29 is 18.3 Å². The normalized spacial score (nSPS) is 15.6. The van der Waals surface area contributed by atoms with Gasteiger partial charge in [-0.05, 0) is 62.2 Å². The summed E-state index contributed by atoms with van der Waals surface area (Å²) in [5.41, 5.74) is 2.07. The number of benzene rings is 2. The van der Waals surface area contributed by atoms with Crippen LogP contribution >= 0.6 is 22.9 Å². The first kappa shape index (κ1) is 25.8. The van der Waals surface area contributed by atoms with Crippen LogP contribution in [0.3, 0.4) is 0 Å². The third-order valence-electron chi connectivity index (χ3n) is 5.89. The molecule has 36 heavy (non-hydrogen) atoms. The van der Waals surface area contributed by atoms with Crippen molar-refractivity contribution in [2.75, 3.05) is 13.1 Å². The second kappa shape index (κ2) is 10.8. The summed E-state index contributed by atoms with van der Waals surface area (Å²) < 4.78 is 31.2. The number of nitrogens with zero attached hydrogens (tertiary/aromatic N) is 3. The van der Waals surface area contributed by atoms with Crippen molar-refractivity contribution in [2.45, 2.75) is 33.4 Å². The average molecular weight is 532 g/mol. The van der Waals surface area contributed by atoms with Crippen LogP contribution in [-0.2, 0) is 4.79 Å². The van der Waals surface area contributed by atoms with Gasteiger partial charge in [0, 0.05) is 18.1 Å². The Hall–Kier alpha value is -3.30. The Morgan fingerprint density at radius 3 is 2.39 bits per heavy atom. The third-order valence-corrected chi connectivity index (χ3v) is 7.13. The molecule has 0 unspecified atom stereocenters. The minimum Gasteiger partial charge on any atom is -0.435 e. The van der Waals surface area contributed by atoms with E-state index in [1.807, 2.05) is 13.8 Å². The molecular formula is C26H24ClF2N3O3S. The van der Waals surface area contributed by atoms with Crippen LogP contribution in [0.25, 0.3) is 6.08 Å². The topological polar surface area (TPSA) is 63.9 Å². The van der Waals surface area contributed by atoms with Gasteiger partial charge in [-0.15, -0.1) is 0 Å². The molecule has 0 spiro atoms. The number of amides is 1. The van der Waals surface area contributed by atoms with Gasteiger partial charge in [0.15, 0.2) is 4.80 Å². The number of ether oxygens (including phenoxy) is 1. The van der Waals surface area contributed by atoms with Gasteiger partial charge in [0.2, 0.25) is 0 Å². The Kier molecular flexibility index (Phi) is 7.70. The van der Waals surface area contributed by atoms with Gasteiger partial charge in [-0.25, -0.2) is 4.99 Å². The zero-order valence-corrected chi connectivity index (χ0v) is 21.4. The summed E-state index contributed by atoms with van der Waals surface area (Å²) in [7, 11) is 0. The van der Waals surface area contributed by atoms with E-state index < -0.39 is 12.7 Å². The highest BCUT2D eigenvalue weighted by Gasteiger charge is 2.34. The Labute approximate surface area is 215 Å². The summed E-state index contributed by atoms with van der Waals surface area (Å²) >= 11 is 7.31. The van der Waals surface area contributed by atoms with E-state index in [-0.39, 0.29) is 17.2 Å². The predicted octanol–water partition coefficient (Wildman–Crippen LogP) is 4.36. The van der Waals surface area contributed by atoms with E-state index in [0.29, 0.717) is 44.3 Å². The van der Waals surface area contributed by atoms with Gasteiger partial charge in [0.05, 0.1) is 21.8 Å². The van der Waals surface area contributed by atoms with Gasteiger partial charge in [0.25, 0.3) is 11.5 Å². The average Bonchev–Trinajstić information content (AvgIpc) is 3.14. The van der Waals surface area contributed by atoms with E-state index in [1.54, 1.807) is 54.3 Å². The molecule has 0 fully saturated rings. The molecule has 0 aliphatic carbocycles. The van der Waals surface area contributed by atoms with Crippen molar-refractivity contribution in [1.29, 1.82) is 0 Å². The van der Waals surface area contributed by atoms with Gasteiger partial charge in [-0.3, -0.25) is 14.2 Å². The maximum absolute atomic E-state index is 13.6. The minimum absolute atomic E-state index is 0.0292. The van der Waals surface area contributed by atoms with Crippen molar-refractivity contribution in [3.05, 3.63) is 95.6 Å². The second-order valence-electron chi connectivity index (χ2n) is 8.06. The molecule has 3 aromatic rings. The molecule has 188 valence electrons. The van der Waals surface area contributed by atoms with E-state index in [1.165, 1.54) is 28.0 Å². The lowest BCUT2D eigenvalue weighted by Gasteiger charge is -2.29. The van der Waals surface area contributed by atoms with Crippen LogP contribution in [0.1, 0.15) is 37.9 Å². The fourth-order valence-electron chi connectivity index (χ4n) is 4.13. The number of likely N-dealkylation sites (N-methyl/N-ethyl adjacent to an activating group) is 1. The number of aromatic nitrogens is 1.